The normalized spacial score (nSPS) is 10.6. The smallest absolute Gasteiger partial charge is 0.339 e. The Morgan fingerprint density at radius 1 is 1.24 bits per heavy atom. The molecule has 0 aliphatic heterocycles. The number of carbonyl (C=O) groups excluding carboxylic acids is 1. The number of hydrogen-bond acceptors (Lipinski definition) is 5. The third kappa shape index (κ3) is 3.27. The summed E-state index contributed by atoms with van der Waals surface area (Å²) in [4.78, 5) is 23.5. The summed E-state index contributed by atoms with van der Waals surface area (Å²) in [6, 6.07) is 9.88. The number of carboxylic acids is 1. The Balaban J connectivity index is 1.75. The van der Waals surface area contributed by atoms with Crippen molar-refractivity contribution in [1.29, 1.82) is 0 Å². The molecule has 0 radical (unpaired) electrons. The van der Waals surface area contributed by atoms with Gasteiger partial charge < -0.3 is 15.2 Å². The maximum absolute atomic E-state index is 12.3. The van der Waals surface area contributed by atoms with E-state index in [1.807, 2.05) is 0 Å². The lowest BCUT2D eigenvalue weighted by Crippen LogP contribution is -2.23. The van der Waals surface area contributed by atoms with Crippen LogP contribution in [-0.4, -0.2) is 39.1 Å². The summed E-state index contributed by atoms with van der Waals surface area (Å²) >= 11 is 0. The van der Waals surface area contributed by atoms with Gasteiger partial charge in [-0.1, -0.05) is 11.3 Å². The van der Waals surface area contributed by atoms with E-state index in [2.05, 4.69) is 15.6 Å². The van der Waals surface area contributed by atoms with Crippen molar-refractivity contribution in [3.63, 3.8) is 0 Å². The van der Waals surface area contributed by atoms with Crippen molar-refractivity contribution in [2.45, 2.75) is 6.54 Å². The molecule has 1 heterocycles. The topological polar surface area (TPSA) is 106 Å². The highest BCUT2D eigenvalue weighted by Gasteiger charge is 2.13. The van der Waals surface area contributed by atoms with Crippen molar-refractivity contribution in [3.8, 4) is 5.75 Å². The molecule has 2 N–H and O–H groups in total. The van der Waals surface area contributed by atoms with Crippen LogP contribution in [0.1, 0.15) is 26.3 Å². The minimum Gasteiger partial charge on any atom is -0.496 e. The molecule has 3 aromatic rings. The Morgan fingerprint density at radius 2 is 2.04 bits per heavy atom. The lowest BCUT2D eigenvalue weighted by Gasteiger charge is -2.09. The summed E-state index contributed by atoms with van der Waals surface area (Å²) in [5, 5.41) is 19.8. The number of aryl methyl sites for hydroxylation is 1. The van der Waals surface area contributed by atoms with Gasteiger partial charge in [0.25, 0.3) is 5.91 Å². The van der Waals surface area contributed by atoms with Gasteiger partial charge in [0.15, 0.2) is 0 Å². The van der Waals surface area contributed by atoms with Crippen molar-refractivity contribution in [2.75, 3.05) is 7.11 Å². The van der Waals surface area contributed by atoms with Gasteiger partial charge in [-0.25, -0.2) is 9.48 Å². The van der Waals surface area contributed by atoms with Gasteiger partial charge >= 0.3 is 5.97 Å². The molecule has 0 bridgehead atoms. The maximum Gasteiger partial charge on any atom is 0.339 e. The molecule has 0 unspecified atom stereocenters. The molecule has 0 atom stereocenters. The second kappa shape index (κ2) is 6.60. The standard InChI is InChI=1S/C17H16N4O4/c1-21-14-5-4-11(8-13(14)19-20-21)16(22)18-9-10-3-6-15(25-2)12(7-10)17(23)24/h3-8H,9H2,1-2H3,(H,18,22)(H,23,24). The molecule has 0 saturated carbocycles. The average molecular weight is 340 g/mol. The summed E-state index contributed by atoms with van der Waals surface area (Å²) in [5.41, 5.74) is 2.63. The summed E-state index contributed by atoms with van der Waals surface area (Å²) in [6.07, 6.45) is 0. The Labute approximate surface area is 143 Å². The van der Waals surface area contributed by atoms with Crippen LogP contribution in [0.5, 0.6) is 5.75 Å². The molecule has 0 saturated heterocycles. The van der Waals surface area contributed by atoms with E-state index in [1.54, 1.807) is 42.1 Å². The minimum absolute atomic E-state index is 0.0511. The van der Waals surface area contributed by atoms with Gasteiger partial charge in [-0.3, -0.25) is 4.79 Å². The average Bonchev–Trinajstić information content (AvgIpc) is 2.99. The van der Waals surface area contributed by atoms with Crippen molar-refractivity contribution < 1.29 is 19.4 Å². The first kappa shape index (κ1) is 16.4. The first-order valence-electron chi connectivity index (χ1n) is 7.47. The molecule has 8 nitrogen and oxygen atoms in total. The zero-order chi connectivity index (χ0) is 18.0. The number of benzene rings is 2. The molecular formula is C17H16N4O4. The summed E-state index contributed by atoms with van der Waals surface area (Å²) in [5.74, 6) is -1.09. The number of methoxy groups -OCH3 is 1. The van der Waals surface area contributed by atoms with Gasteiger partial charge in [-0.2, -0.15) is 0 Å². The van der Waals surface area contributed by atoms with Gasteiger partial charge in [0.1, 0.15) is 16.8 Å². The molecule has 0 spiro atoms. The van der Waals surface area contributed by atoms with Crippen molar-refractivity contribution in [1.82, 2.24) is 20.3 Å². The van der Waals surface area contributed by atoms with Gasteiger partial charge in [0.2, 0.25) is 0 Å². The molecule has 0 aliphatic carbocycles. The van der Waals surface area contributed by atoms with E-state index in [9.17, 15) is 14.7 Å². The largest absolute Gasteiger partial charge is 0.496 e. The van der Waals surface area contributed by atoms with E-state index in [0.717, 1.165) is 5.52 Å². The molecule has 128 valence electrons. The van der Waals surface area contributed by atoms with E-state index < -0.39 is 5.97 Å². The molecule has 0 aliphatic rings. The van der Waals surface area contributed by atoms with Gasteiger partial charge in [-0.15, -0.1) is 5.10 Å². The highest BCUT2D eigenvalue weighted by Crippen LogP contribution is 2.20. The number of aromatic nitrogens is 3. The van der Waals surface area contributed by atoms with Crippen molar-refractivity contribution >= 4 is 22.9 Å². The SMILES string of the molecule is COc1ccc(CNC(=O)c2ccc3c(c2)nnn3C)cc1C(=O)O. The molecule has 1 aromatic heterocycles. The first-order chi connectivity index (χ1) is 12.0. The van der Waals surface area contributed by atoms with Gasteiger partial charge in [0, 0.05) is 19.2 Å². The Bertz CT molecular complexity index is 964. The fourth-order valence-electron chi connectivity index (χ4n) is 2.50. The molecule has 1 amide bonds. The van der Waals surface area contributed by atoms with E-state index in [0.29, 0.717) is 16.6 Å². The quantitative estimate of drug-likeness (QED) is 0.731. The van der Waals surface area contributed by atoms with Crippen LogP contribution in [0.15, 0.2) is 36.4 Å². The highest BCUT2D eigenvalue weighted by molar-refractivity contribution is 5.97. The predicted octanol–water partition coefficient (Wildman–Crippen LogP) is 1.61. The van der Waals surface area contributed by atoms with Crippen LogP contribution in [-0.2, 0) is 13.6 Å². The van der Waals surface area contributed by atoms with Crippen LogP contribution >= 0.6 is 0 Å². The molecule has 8 heteroatoms. The van der Waals surface area contributed by atoms with E-state index in [1.165, 1.54) is 13.2 Å². The predicted molar refractivity (Wildman–Crippen MR) is 89.6 cm³/mol. The highest BCUT2D eigenvalue weighted by atomic mass is 16.5. The van der Waals surface area contributed by atoms with Gasteiger partial charge in [0.05, 0.1) is 12.6 Å². The van der Waals surface area contributed by atoms with Crippen molar-refractivity contribution in [2.24, 2.45) is 7.05 Å². The Morgan fingerprint density at radius 3 is 2.76 bits per heavy atom. The third-order valence-electron chi connectivity index (χ3n) is 3.82. The van der Waals surface area contributed by atoms with Crippen LogP contribution in [0.2, 0.25) is 0 Å². The number of amides is 1. The monoisotopic (exact) mass is 340 g/mol. The summed E-state index contributed by atoms with van der Waals surface area (Å²) < 4.78 is 6.64. The summed E-state index contributed by atoms with van der Waals surface area (Å²) in [7, 11) is 3.19. The molecule has 2 aromatic carbocycles. The zero-order valence-corrected chi connectivity index (χ0v) is 13.7. The summed E-state index contributed by atoms with van der Waals surface area (Å²) in [6.45, 7) is 0.196. The lowest BCUT2D eigenvalue weighted by molar-refractivity contribution is 0.0693. The minimum atomic E-state index is -1.09. The number of ether oxygens (including phenoxy) is 1. The number of aromatic carboxylic acids is 1. The number of nitrogens with one attached hydrogen (secondary N) is 1. The Hall–Kier alpha value is -3.42. The van der Waals surface area contributed by atoms with E-state index in [4.69, 9.17) is 4.74 Å². The first-order valence-corrected chi connectivity index (χ1v) is 7.47. The molecule has 0 fully saturated rings. The fourth-order valence-corrected chi connectivity index (χ4v) is 2.50. The van der Waals surface area contributed by atoms with Crippen LogP contribution in [0, 0.1) is 0 Å². The number of hydrogen-bond donors (Lipinski definition) is 2. The van der Waals surface area contributed by atoms with Crippen molar-refractivity contribution in [3.05, 3.63) is 53.1 Å². The van der Waals surface area contributed by atoms with Crippen LogP contribution in [0.4, 0.5) is 0 Å². The number of carboxylic acid groups (broad SMARTS) is 1. The molecule has 3 rings (SSSR count). The molecular weight excluding hydrogens is 324 g/mol. The zero-order valence-electron chi connectivity index (χ0n) is 13.7. The number of nitrogens with zero attached hydrogens (tertiary/aromatic N) is 3. The van der Waals surface area contributed by atoms with Crippen LogP contribution in [0.3, 0.4) is 0 Å². The van der Waals surface area contributed by atoms with Gasteiger partial charge in [-0.05, 0) is 35.9 Å². The second-order valence-electron chi connectivity index (χ2n) is 5.44. The fraction of sp³-hybridized carbons (Fsp3) is 0.176. The third-order valence-corrected chi connectivity index (χ3v) is 3.82. The number of fused-ring (bicyclic) bond motifs is 1. The second-order valence-corrected chi connectivity index (χ2v) is 5.44. The van der Waals surface area contributed by atoms with E-state index in [-0.39, 0.29) is 23.8 Å². The maximum atomic E-state index is 12.3. The Kier molecular flexibility index (Phi) is 4.34. The van der Waals surface area contributed by atoms with Crippen LogP contribution in [0.25, 0.3) is 11.0 Å². The lowest BCUT2D eigenvalue weighted by atomic mass is 10.1. The number of carbonyl (C=O) groups is 2. The van der Waals surface area contributed by atoms with Crippen LogP contribution < -0.4 is 10.1 Å². The molecule has 25 heavy (non-hydrogen) atoms. The number of rotatable bonds is 5. The van der Waals surface area contributed by atoms with E-state index >= 15 is 0 Å².